The van der Waals surface area contributed by atoms with Gasteiger partial charge < -0.3 is 10.2 Å². The summed E-state index contributed by atoms with van der Waals surface area (Å²) in [5.74, 6) is -0.445. The second-order valence-electron chi connectivity index (χ2n) is 10.8. The third kappa shape index (κ3) is 9.28. The van der Waals surface area contributed by atoms with Crippen LogP contribution in [0.1, 0.15) is 44.7 Å². The van der Waals surface area contributed by atoms with E-state index in [2.05, 4.69) is 21.2 Å². The number of carbonyl (C=O) groups excluding carboxylic acids is 2. The monoisotopic (exact) mass is 627 g/mol. The predicted octanol–water partition coefficient (Wildman–Crippen LogP) is 5.40. The second kappa shape index (κ2) is 14.1. The smallest absolute Gasteiger partial charge is 0.243 e. The van der Waals surface area contributed by atoms with Crippen LogP contribution < -0.4 is 5.32 Å². The topological polar surface area (TPSA) is 86.8 Å². The molecular weight excluding hydrogens is 590 g/mol. The first-order valence-electron chi connectivity index (χ1n) is 13.3. The number of halogens is 1. The maximum Gasteiger partial charge on any atom is 0.243 e. The van der Waals surface area contributed by atoms with E-state index in [9.17, 15) is 18.0 Å². The summed E-state index contributed by atoms with van der Waals surface area (Å²) in [6, 6.07) is 24.8. The zero-order valence-electron chi connectivity index (χ0n) is 23.5. The molecule has 9 heteroatoms. The first-order valence-corrected chi connectivity index (χ1v) is 15.5. The predicted molar refractivity (Wildman–Crippen MR) is 162 cm³/mol. The van der Waals surface area contributed by atoms with Gasteiger partial charge in [0.1, 0.15) is 6.04 Å². The highest BCUT2D eigenvalue weighted by Gasteiger charge is 2.32. The first-order chi connectivity index (χ1) is 18.9. The minimum atomic E-state index is -3.66. The number of carbonyl (C=O) groups is 2. The summed E-state index contributed by atoms with van der Waals surface area (Å²) < 4.78 is 28.0. The lowest BCUT2D eigenvalue weighted by atomic mass is 10.00. The molecule has 1 atom stereocenters. The van der Waals surface area contributed by atoms with Gasteiger partial charge in [0.25, 0.3) is 0 Å². The fraction of sp³-hybridized carbons (Fsp3) is 0.355. The lowest BCUT2D eigenvalue weighted by Gasteiger charge is -2.34. The summed E-state index contributed by atoms with van der Waals surface area (Å²) in [4.78, 5) is 29.3. The molecule has 0 aliphatic carbocycles. The van der Waals surface area contributed by atoms with Crippen molar-refractivity contribution in [3.63, 3.8) is 0 Å². The van der Waals surface area contributed by atoms with Gasteiger partial charge in [-0.2, -0.15) is 0 Å². The van der Waals surface area contributed by atoms with Gasteiger partial charge >= 0.3 is 0 Å². The van der Waals surface area contributed by atoms with E-state index < -0.39 is 21.6 Å². The normalized spacial score (nSPS) is 12.7. The summed E-state index contributed by atoms with van der Waals surface area (Å²) in [5.41, 5.74) is 1.34. The minimum Gasteiger partial charge on any atom is -0.350 e. The summed E-state index contributed by atoms with van der Waals surface area (Å²) >= 11 is 3.50. The maximum atomic E-state index is 13.8. The molecule has 0 heterocycles. The Hall–Kier alpha value is -3.01. The van der Waals surface area contributed by atoms with Crippen molar-refractivity contribution >= 4 is 37.8 Å². The second-order valence-corrected chi connectivity index (χ2v) is 13.8. The summed E-state index contributed by atoms with van der Waals surface area (Å²) in [6.07, 6.45) is 0.761. The Balaban J connectivity index is 1.85. The van der Waals surface area contributed by atoms with E-state index >= 15 is 0 Å². The van der Waals surface area contributed by atoms with Crippen LogP contribution >= 0.6 is 15.9 Å². The highest BCUT2D eigenvalue weighted by Crippen LogP contribution is 2.20. The Morgan fingerprint density at radius 1 is 0.900 bits per heavy atom. The average Bonchev–Trinajstić information content (AvgIpc) is 2.90. The lowest BCUT2D eigenvalue weighted by Crippen LogP contribution is -2.54. The number of hydrogen-bond donors (Lipinski definition) is 1. The molecule has 40 heavy (non-hydrogen) atoms. The number of sulfonamides is 1. The standard InChI is InChI=1S/C31H38BrN3O4S/c1-31(2,3)33-30(37)28(22-24-13-7-5-8-14-24)35(23-25-15-11-16-26(32)21-25)29(36)19-12-20-34(4)40(38,39)27-17-9-6-10-18-27/h5-11,13-18,21,28H,12,19-20,22-23H2,1-4H3,(H,33,37)/t28-/m0/s1. The van der Waals surface area contributed by atoms with Gasteiger partial charge in [-0.1, -0.05) is 76.6 Å². The van der Waals surface area contributed by atoms with Crippen molar-refractivity contribution in [2.24, 2.45) is 0 Å². The number of nitrogens with zero attached hydrogens (tertiary/aromatic N) is 2. The van der Waals surface area contributed by atoms with E-state index in [-0.39, 0.29) is 36.2 Å². The van der Waals surface area contributed by atoms with Crippen LogP contribution in [0.5, 0.6) is 0 Å². The molecule has 3 aromatic rings. The molecule has 0 radical (unpaired) electrons. The van der Waals surface area contributed by atoms with Crippen molar-refractivity contribution < 1.29 is 18.0 Å². The zero-order valence-corrected chi connectivity index (χ0v) is 25.9. The Morgan fingerprint density at radius 3 is 2.10 bits per heavy atom. The summed E-state index contributed by atoms with van der Waals surface area (Å²) in [7, 11) is -2.15. The summed E-state index contributed by atoms with van der Waals surface area (Å²) in [6.45, 7) is 6.15. The molecule has 7 nitrogen and oxygen atoms in total. The van der Waals surface area contributed by atoms with Crippen LogP contribution in [0.3, 0.4) is 0 Å². The van der Waals surface area contributed by atoms with E-state index in [0.29, 0.717) is 12.8 Å². The Morgan fingerprint density at radius 2 is 1.50 bits per heavy atom. The van der Waals surface area contributed by atoms with Crippen LogP contribution in [-0.2, 0) is 32.6 Å². The largest absolute Gasteiger partial charge is 0.350 e. The SMILES string of the molecule is CN(CCCC(=O)N(Cc1cccc(Br)c1)[C@@H](Cc1ccccc1)C(=O)NC(C)(C)C)S(=O)(=O)c1ccccc1. The van der Waals surface area contributed by atoms with Crippen LogP contribution in [0.2, 0.25) is 0 Å². The van der Waals surface area contributed by atoms with Crippen molar-refractivity contribution in [1.82, 2.24) is 14.5 Å². The number of rotatable bonds is 12. The summed E-state index contributed by atoms with van der Waals surface area (Å²) in [5, 5.41) is 3.05. The molecule has 0 spiro atoms. The Bertz CT molecular complexity index is 1380. The zero-order chi connectivity index (χ0) is 29.3. The molecular formula is C31H38BrN3O4S. The number of nitrogens with one attached hydrogen (secondary N) is 1. The van der Waals surface area contributed by atoms with Gasteiger partial charge in [0.15, 0.2) is 0 Å². The molecule has 0 aromatic heterocycles. The molecule has 0 saturated heterocycles. The molecule has 0 aliphatic heterocycles. The van der Waals surface area contributed by atoms with Crippen LogP contribution in [0, 0.1) is 0 Å². The van der Waals surface area contributed by atoms with Crippen molar-refractivity contribution in [3.05, 3.63) is 101 Å². The van der Waals surface area contributed by atoms with Crippen LogP contribution in [0.4, 0.5) is 0 Å². The van der Waals surface area contributed by atoms with Gasteiger partial charge in [-0.25, -0.2) is 12.7 Å². The molecule has 0 unspecified atom stereocenters. The maximum absolute atomic E-state index is 13.8. The molecule has 214 valence electrons. The first kappa shape index (κ1) is 31.5. The van der Waals surface area contributed by atoms with Crippen molar-refractivity contribution in [3.8, 4) is 0 Å². The lowest BCUT2D eigenvalue weighted by molar-refractivity contribution is -0.142. The van der Waals surface area contributed by atoms with Crippen LogP contribution in [0.25, 0.3) is 0 Å². The van der Waals surface area contributed by atoms with Gasteiger partial charge in [0.05, 0.1) is 4.90 Å². The minimum absolute atomic E-state index is 0.0940. The highest BCUT2D eigenvalue weighted by molar-refractivity contribution is 9.10. The fourth-order valence-electron chi connectivity index (χ4n) is 4.33. The quantitative estimate of drug-likeness (QED) is 0.291. The molecule has 0 saturated carbocycles. The van der Waals surface area contributed by atoms with E-state index in [4.69, 9.17) is 0 Å². The van der Waals surface area contributed by atoms with Gasteiger partial charge in [-0.3, -0.25) is 9.59 Å². The van der Waals surface area contributed by atoms with Crippen LogP contribution in [-0.4, -0.2) is 54.6 Å². The van der Waals surface area contributed by atoms with Crippen molar-refractivity contribution in [1.29, 1.82) is 0 Å². The van der Waals surface area contributed by atoms with Gasteiger partial charge in [-0.05, 0) is 62.6 Å². The third-order valence-corrected chi connectivity index (χ3v) is 8.69. The van der Waals surface area contributed by atoms with E-state index in [0.717, 1.165) is 15.6 Å². The van der Waals surface area contributed by atoms with Crippen LogP contribution in [0.15, 0.2) is 94.3 Å². The van der Waals surface area contributed by atoms with Gasteiger partial charge in [0, 0.05) is 43.0 Å². The molecule has 1 N–H and O–H groups in total. The van der Waals surface area contributed by atoms with Gasteiger partial charge in [-0.15, -0.1) is 0 Å². The number of hydrogen-bond acceptors (Lipinski definition) is 4. The van der Waals surface area contributed by atoms with E-state index in [1.807, 2.05) is 75.4 Å². The number of amides is 2. The molecule has 0 fully saturated rings. The Labute approximate surface area is 246 Å². The highest BCUT2D eigenvalue weighted by atomic mass is 79.9. The van der Waals surface area contributed by atoms with E-state index in [1.165, 1.54) is 11.4 Å². The van der Waals surface area contributed by atoms with E-state index in [1.54, 1.807) is 35.2 Å². The molecule has 0 bridgehead atoms. The van der Waals surface area contributed by atoms with Crippen molar-refractivity contribution in [2.45, 2.75) is 63.1 Å². The van der Waals surface area contributed by atoms with Gasteiger partial charge in [0.2, 0.25) is 21.8 Å². The van der Waals surface area contributed by atoms with Crippen molar-refractivity contribution in [2.75, 3.05) is 13.6 Å². The molecule has 3 rings (SSSR count). The third-order valence-electron chi connectivity index (χ3n) is 6.33. The molecule has 2 amide bonds. The average molecular weight is 629 g/mol. The number of benzene rings is 3. The molecule has 3 aromatic carbocycles. The molecule has 0 aliphatic rings. The fourth-order valence-corrected chi connectivity index (χ4v) is 6.01. The Kier molecular flexibility index (Phi) is 11.1.